The quantitative estimate of drug-likeness (QED) is 0.668. The topological polar surface area (TPSA) is 85.8 Å². The molecule has 0 saturated heterocycles. The summed E-state index contributed by atoms with van der Waals surface area (Å²) < 4.78 is 15.9. The molecule has 6 nitrogen and oxygen atoms in total. The standard InChI is InChI=1S/C22H24FN5O/c1-14-11-15(12-16(24)13-20-19(14)7-9-25-21(20)23)22(29)27-17-3-5-18(6-4-17)28-10-2-8-26-28/h2-10,14-16H,11-13,24H2,1H3,(H,27,29)/t14-,15?,16+/m1/s1. The number of halogens is 1. The van der Waals surface area contributed by atoms with Crippen molar-refractivity contribution in [2.24, 2.45) is 11.7 Å². The lowest BCUT2D eigenvalue weighted by atomic mass is 9.80. The number of amides is 1. The Labute approximate surface area is 169 Å². The van der Waals surface area contributed by atoms with Crippen molar-refractivity contribution in [2.45, 2.75) is 38.1 Å². The normalized spacial score (nSPS) is 21.7. The lowest BCUT2D eigenvalue weighted by Crippen LogP contribution is -2.35. The summed E-state index contributed by atoms with van der Waals surface area (Å²) in [4.78, 5) is 16.7. The molecule has 0 fully saturated rings. The SMILES string of the molecule is C[C@@H]1CC(C(=O)Nc2ccc(-n3cccn3)cc2)C[C@H](N)Cc2c1ccnc2F. The van der Waals surface area contributed by atoms with Gasteiger partial charge in [0.15, 0.2) is 0 Å². The van der Waals surface area contributed by atoms with E-state index in [1.165, 1.54) is 6.20 Å². The Kier molecular flexibility index (Phi) is 5.40. The molecule has 29 heavy (non-hydrogen) atoms. The Morgan fingerprint density at radius 2 is 2.00 bits per heavy atom. The third-order valence-electron chi connectivity index (χ3n) is 5.54. The first kappa shape index (κ1) is 19.3. The summed E-state index contributed by atoms with van der Waals surface area (Å²) in [5.41, 5.74) is 9.37. The highest BCUT2D eigenvalue weighted by Crippen LogP contribution is 2.33. The van der Waals surface area contributed by atoms with Crippen molar-refractivity contribution in [1.82, 2.24) is 14.8 Å². The second-order valence-electron chi connectivity index (χ2n) is 7.69. The summed E-state index contributed by atoms with van der Waals surface area (Å²) in [5, 5.41) is 7.19. The largest absolute Gasteiger partial charge is 0.327 e. The molecule has 0 bridgehead atoms. The molecule has 7 heteroatoms. The molecule has 1 amide bonds. The summed E-state index contributed by atoms with van der Waals surface area (Å²) in [7, 11) is 0. The zero-order valence-corrected chi connectivity index (χ0v) is 16.3. The van der Waals surface area contributed by atoms with Crippen molar-refractivity contribution >= 4 is 11.6 Å². The molecule has 1 aliphatic carbocycles. The fraction of sp³-hybridized carbons (Fsp3) is 0.318. The fourth-order valence-electron chi connectivity index (χ4n) is 4.08. The van der Waals surface area contributed by atoms with Crippen LogP contribution in [-0.4, -0.2) is 26.7 Å². The van der Waals surface area contributed by atoms with Crippen molar-refractivity contribution in [3.05, 3.63) is 72.1 Å². The Hall–Kier alpha value is -3.06. The van der Waals surface area contributed by atoms with Crippen LogP contribution in [0.25, 0.3) is 5.69 Å². The zero-order valence-electron chi connectivity index (χ0n) is 16.3. The predicted molar refractivity (Wildman–Crippen MR) is 109 cm³/mol. The molecule has 0 aliphatic heterocycles. The van der Waals surface area contributed by atoms with Crippen LogP contribution in [0.3, 0.4) is 0 Å². The van der Waals surface area contributed by atoms with Crippen molar-refractivity contribution in [1.29, 1.82) is 0 Å². The molecule has 4 rings (SSSR count). The molecular weight excluding hydrogens is 369 g/mol. The number of carbonyl (C=O) groups excluding carboxylic acids is 1. The van der Waals surface area contributed by atoms with Crippen LogP contribution in [0.5, 0.6) is 0 Å². The van der Waals surface area contributed by atoms with E-state index in [2.05, 4.69) is 15.4 Å². The highest BCUT2D eigenvalue weighted by Gasteiger charge is 2.29. The minimum absolute atomic E-state index is 0.0490. The second kappa shape index (κ2) is 8.13. The number of hydrogen-bond donors (Lipinski definition) is 2. The maximum atomic E-state index is 14.2. The van der Waals surface area contributed by atoms with Crippen LogP contribution in [0.1, 0.15) is 36.8 Å². The fourth-order valence-corrected chi connectivity index (χ4v) is 4.08. The van der Waals surface area contributed by atoms with Crippen molar-refractivity contribution in [3.63, 3.8) is 0 Å². The lowest BCUT2D eigenvalue weighted by Gasteiger charge is -2.28. The number of nitrogens with two attached hydrogens (primary N) is 1. The number of anilines is 1. The number of pyridine rings is 1. The van der Waals surface area contributed by atoms with Gasteiger partial charge in [0.2, 0.25) is 11.9 Å². The van der Waals surface area contributed by atoms with Gasteiger partial charge in [-0.15, -0.1) is 0 Å². The molecule has 1 aliphatic rings. The molecule has 2 aromatic heterocycles. The van der Waals surface area contributed by atoms with Crippen LogP contribution in [-0.2, 0) is 11.2 Å². The second-order valence-corrected chi connectivity index (χ2v) is 7.69. The van der Waals surface area contributed by atoms with Crippen molar-refractivity contribution in [2.75, 3.05) is 5.32 Å². The summed E-state index contributed by atoms with van der Waals surface area (Å²) in [6.45, 7) is 2.02. The van der Waals surface area contributed by atoms with Crippen LogP contribution in [0, 0.1) is 11.9 Å². The number of benzene rings is 1. The molecule has 150 valence electrons. The van der Waals surface area contributed by atoms with E-state index in [4.69, 9.17) is 5.73 Å². The third-order valence-corrected chi connectivity index (χ3v) is 5.54. The molecule has 3 N–H and O–H groups in total. The summed E-state index contributed by atoms with van der Waals surface area (Å²) in [6.07, 6.45) is 6.57. The summed E-state index contributed by atoms with van der Waals surface area (Å²) in [5.74, 6) is -0.704. The monoisotopic (exact) mass is 393 g/mol. The minimum Gasteiger partial charge on any atom is -0.327 e. The number of hydrogen-bond acceptors (Lipinski definition) is 4. The Morgan fingerprint density at radius 1 is 1.21 bits per heavy atom. The maximum absolute atomic E-state index is 14.2. The van der Waals surface area contributed by atoms with Crippen LogP contribution in [0.2, 0.25) is 0 Å². The van der Waals surface area contributed by atoms with Gasteiger partial charge in [-0.2, -0.15) is 9.49 Å². The number of rotatable bonds is 3. The molecule has 1 unspecified atom stereocenters. The average Bonchev–Trinajstić information content (AvgIpc) is 3.23. The minimum atomic E-state index is -0.454. The van der Waals surface area contributed by atoms with Gasteiger partial charge < -0.3 is 11.1 Å². The maximum Gasteiger partial charge on any atom is 0.227 e. The Bertz CT molecular complexity index is 987. The van der Waals surface area contributed by atoms with E-state index in [1.807, 2.05) is 49.5 Å². The van der Waals surface area contributed by atoms with Gasteiger partial charge in [0.05, 0.1) is 5.69 Å². The Balaban J connectivity index is 1.48. The van der Waals surface area contributed by atoms with Crippen molar-refractivity contribution < 1.29 is 9.18 Å². The molecule has 1 aromatic carbocycles. The van der Waals surface area contributed by atoms with Crippen LogP contribution >= 0.6 is 0 Å². The molecule has 0 saturated carbocycles. The van der Waals surface area contributed by atoms with E-state index in [1.54, 1.807) is 10.9 Å². The average molecular weight is 393 g/mol. The number of nitrogens with one attached hydrogen (secondary N) is 1. The van der Waals surface area contributed by atoms with Crippen LogP contribution < -0.4 is 11.1 Å². The summed E-state index contributed by atoms with van der Waals surface area (Å²) in [6, 6.07) is 10.9. The van der Waals surface area contributed by atoms with E-state index < -0.39 is 5.95 Å². The Morgan fingerprint density at radius 3 is 2.72 bits per heavy atom. The zero-order chi connectivity index (χ0) is 20.4. The molecule has 0 radical (unpaired) electrons. The number of aromatic nitrogens is 3. The van der Waals surface area contributed by atoms with Gasteiger partial charge in [-0.1, -0.05) is 6.92 Å². The van der Waals surface area contributed by atoms with Gasteiger partial charge in [0.25, 0.3) is 0 Å². The highest BCUT2D eigenvalue weighted by atomic mass is 19.1. The first-order valence-corrected chi connectivity index (χ1v) is 9.81. The van der Waals surface area contributed by atoms with E-state index in [-0.39, 0.29) is 23.8 Å². The molecule has 0 spiro atoms. The van der Waals surface area contributed by atoms with E-state index in [0.717, 1.165) is 16.9 Å². The third kappa shape index (κ3) is 4.19. The van der Waals surface area contributed by atoms with Gasteiger partial charge in [0, 0.05) is 41.8 Å². The van der Waals surface area contributed by atoms with Gasteiger partial charge >= 0.3 is 0 Å². The lowest BCUT2D eigenvalue weighted by molar-refractivity contribution is -0.120. The van der Waals surface area contributed by atoms with Gasteiger partial charge in [-0.3, -0.25) is 4.79 Å². The predicted octanol–water partition coefficient (Wildman–Crippen LogP) is 3.43. The first-order chi connectivity index (χ1) is 14.0. The van der Waals surface area contributed by atoms with Gasteiger partial charge in [-0.05, 0) is 67.1 Å². The molecule has 2 heterocycles. The molecule has 3 atom stereocenters. The summed E-state index contributed by atoms with van der Waals surface area (Å²) >= 11 is 0. The number of nitrogens with zero attached hydrogens (tertiary/aromatic N) is 3. The van der Waals surface area contributed by atoms with Gasteiger partial charge in [0.1, 0.15) is 0 Å². The first-order valence-electron chi connectivity index (χ1n) is 9.81. The smallest absolute Gasteiger partial charge is 0.227 e. The van der Waals surface area contributed by atoms with Crippen LogP contribution in [0.15, 0.2) is 55.0 Å². The molecule has 3 aromatic rings. The van der Waals surface area contributed by atoms with Crippen LogP contribution in [0.4, 0.5) is 10.1 Å². The number of carbonyl (C=O) groups is 1. The van der Waals surface area contributed by atoms with Crippen molar-refractivity contribution in [3.8, 4) is 5.69 Å². The van der Waals surface area contributed by atoms with Gasteiger partial charge in [-0.25, -0.2) is 9.67 Å². The van der Waals surface area contributed by atoms with E-state index >= 15 is 0 Å². The highest BCUT2D eigenvalue weighted by molar-refractivity contribution is 5.92. The van der Waals surface area contributed by atoms with E-state index in [9.17, 15) is 9.18 Å². The number of fused-ring (bicyclic) bond motifs is 1. The molecular formula is C22H24FN5O. The van der Waals surface area contributed by atoms with E-state index in [0.29, 0.717) is 24.8 Å².